The summed E-state index contributed by atoms with van der Waals surface area (Å²) in [6, 6.07) is 12.0. The Hall–Kier alpha value is -1.58. The highest BCUT2D eigenvalue weighted by Crippen LogP contribution is 2.17. The lowest BCUT2D eigenvalue weighted by atomic mass is 10.2. The molecule has 0 bridgehead atoms. The second-order valence-corrected chi connectivity index (χ2v) is 6.88. The van der Waals surface area contributed by atoms with Gasteiger partial charge in [0.25, 0.3) is 0 Å². The van der Waals surface area contributed by atoms with E-state index in [4.69, 9.17) is 16.3 Å². The van der Waals surface area contributed by atoms with Crippen LogP contribution in [0.4, 0.5) is 5.82 Å². The van der Waals surface area contributed by atoms with Crippen LogP contribution in [0, 0.1) is 0 Å². The smallest absolute Gasteiger partial charge is 0.193 e. The average molecular weight is 516 g/mol. The number of guanidine groups is 1. The van der Waals surface area contributed by atoms with Crippen LogP contribution in [0.25, 0.3) is 0 Å². The largest absolute Gasteiger partial charge is 0.378 e. The normalized spacial score (nSPS) is 14.4. The lowest BCUT2D eigenvalue weighted by Gasteiger charge is -2.28. The molecule has 28 heavy (non-hydrogen) atoms. The Labute approximate surface area is 189 Å². The summed E-state index contributed by atoms with van der Waals surface area (Å²) in [6.07, 6.45) is 1.86. The Morgan fingerprint density at radius 1 is 1.29 bits per heavy atom. The van der Waals surface area contributed by atoms with Crippen LogP contribution in [-0.2, 0) is 17.8 Å². The number of aliphatic imine (C=N–C) groups is 1. The SMILES string of the molecule is CN=C(NCc1ccnc(N2CCOCC2)c1)N(C)Cc1ccccc1Cl.I. The minimum absolute atomic E-state index is 0. The molecule has 3 rings (SSSR count). The van der Waals surface area contributed by atoms with Crippen molar-refractivity contribution in [2.24, 2.45) is 4.99 Å². The van der Waals surface area contributed by atoms with Gasteiger partial charge in [-0.2, -0.15) is 0 Å². The first kappa shape index (κ1) is 22.7. The number of rotatable bonds is 5. The van der Waals surface area contributed by atoms with E-state index in [-0.39, 0.29) is 24.0 Å². The molecule has 0 spiro atoms. The summed E-state index contributed by atoms with van der Waals surface area (Å²) < 4.78 is 5.42. The van der Waals surface area contributed by atoms with Crippen LogP contribution >= 0.6 is 35.6 Å². The van der Waals surface area contributed by atoms with E-state index in [1.165, 1.54) is 5.56 Å². The molecule has 1 N–H and O–H groups in total. The summed E-state index contributed by atoms with van der Waals surface area (Å²) in [7, 11) is 3.79. The van der Waals surface area contributed by atoms with Gasteiger partial charge in [0.05, 0.1) is 13.2 Å². The number of hydrogen-bond donors (Lipinski definition) is 1. The molecule has 1 fully saturated rings. The summed E-state index contributed by atoms with van der Waals surface area (Å²) in [4.78, 5) is 13.2. The van der Waals surface area contributed by atoms with Crippen LogP contribution in [0.3, 0.4) is 0 Å². The molecule has 8 heteroatoms. The Balaban J connectivity index is 0.00000280. The highest BCUT2D eigenvalue weighted by atomic mass is 127. The highest BCUT2D eigenvalue weighted by molar-refractivity contribution is 14.0. The molecule has 0 unspecified atom stereocenters. The fourth-order valence-corrected chi connectivity index (χ4v) is 3.25. The number of anilines is 1. The third kappa shape index (κ3) is 6.22. The lowest BCUT2D eigenvalue weighted by molar-refractivity contribution is 0.122. The van der Waals surface area contributed by atoms with Gasteiger partial charge in [0.15, 0.2) is 5.96 Å². The molecule has 6 nitrogen and oxygen atoms in total. The number of nitrogens with one attached hydrogen (secondary N) is 1. The lowest BCUT2D eigenvalue weighted by Crippen LogP contribution is -2.38. The van der Waals surface area contributed by atoms with E-state index >= 15 is 0 Å². The zero-order valence-electron chi connectivity index (χ0n) is 16.3. The van der Waals surface area contributed by atoms with Crippen molar-refractivity contribution < 1.29 is 4.74 Å². The van der Waals surface area contributed by atoms with Crippen LogP contribution in [0.15, 0.2) is 47.6 Å². The van der Waals surface area contributed by atoms with Crippen LogP contribution in [0.5, 0.6) is 0 Å². The monoisotopic (exact) mass is 515 g/mol. The Morgan fingerprint density at radius 3 is 2.75 bits per heavy atom. The average Bonchev–Trinajstić information content (AvgIpc) is 2.71. The minimum atomic E-state index is 0. The highest BCUT2D eigenvalue weighted by Gasteiger charge is 2.13. The van der Waals surface area contributed by atoms with Crippen molar-refractivity contribution in [2.45, 2.75) is 13.1 Å². The van der Waals surface area contributed by atoms with Crippen molar-refractivity contribution in [2.75, 3.05) is 45.3 Å². The van der Waals surface area contributed by atoms with Crippen LogP contribution in [-0.4, -0.2) is 56.2 Å². The van der Waals surface area contributed by atoms with Gasteiger partial charge in [-0.05, 0) is 29.3 Å². The molecule has 1 aliphatic heterocycles. The number of nitrogens with zero attached hydrogens (tertiary/aromatic N) is 4. The zero-order chi connectivity index (χ0) is 19.1. The van der Waals surface area contributed by atoms with Gasteiger partial charge in [-0.3, -0.25) is 4.99 Å². The molecular weight excluding hydrogens is 489 g/mol. The number of aromatic nitrogens is 1. The molecule has 1 aromatic carbocycles. The molecule has 152 valence electrons. The molecule has 2 aromatic rings. The molecule has 0 atom stereocenters. The fraction of sp³-hybridized carbons (Fsp3) is 0.400. The standard InChI is InChI=1S/C20H26ClN5O.HI/c1-22-20(25(2)15-17-5-3-4-6-18(17)21)24-14-16-7-8-23-19(13-16)26-9-11-27-12-10-26;/h3-8,13H,9-12,14-15H2,1-2H3,(H,22,24);1H. The molecular formula is C20H27ClIN5O. The summed E-state index contributed by atoms with van der Waals surface area (Å²) in [5, 5.41) is 4.18. The zero-order valence-corrected chi connectivity index (χ0v) is 19.4. The number of morpholine rings is 1. The predicted octanol–water partition coefficient (Wildman–Crippen LogP) is 3.40. The molecule has 1 saturated heterocycles. The quantitative estimate of drug-likeness (QED) is 0.376. The second kappa shape index (κ2) is 11.4. The van der Waals surface area contributed by atoms with Crippen molar-refractivity contribution in [3.05, 3.63) is 58.7 Å². The van der Waals surface area contributed by atoms with E-state index in [1.807, 2.05) is 43.6 Å². The first-order valence-electron chi connectivity index (χ1n) is 9.10. The molecule has 0 saturated carbocycles. The van der Waals surface area contributed by atoms with E-state index < -0.39 is 0 Å². The van der Waals surface area contributed by atoms with Gasteiger partial charge >= 0.3 is 0 Å². The van der Waals surface area contributed by atoms with E-state index in [9.17, 15) is 0 Å². The van der Waals surface area contributed by atoms with Gasteiger partial charge in [0.2, 0.25) is 0 Å². The number of halogens is 2. The van der Waals surface area contributed by atoms with Crippen molar-refractivity contribution in [3.63, 3.8) is 0 Å². The topological polar surface area (TPSA) is 53.0 Å². The van der Waals surface area contributed by atoms with Gasteiger partial charge in [0.1, 0.15) is 5.82 Å². The van der Waals surface area contributed by atoms with Gasteiger partial charge in [0, 0.05) is 51.5 Å². The van der Waals surface area contributed by atoms with Crippen molar-refractivity contribution >= 4 is 47.4 Å². The van der Waals surface area contributed by atoms with E-state index in [1.54, 1.807) is 7.05 Å². The minimum Gasteiger partial charge on any atom is -0.378 e. The Morgan fingerprint density at radius 2 is 2.04 bits per heavy atom. The molecule has 0 amide bonds. The molecule has 1 aliphatic rings. The maximum Gasteiger partial charge on any atom is 0.193 e. The number of ether oxygens (including phenoxy) is 1. The fourth-order valence-electron chi connectivity index (χ4n) is 3.06. The molecule has 2 heterocycles. The van der Waals surface area contributed by atoms with E-state index in [0.717, 1.165) is 48.7 Å². The predicted molar refractivity (Wildman–Crippen MR) is 126 cm³/mol. The first-order chi connectivity index (χ1) is 13.2. The van der Waals surface area contributed by atoms with E-state index in [2.05, 4.69) is 31.2 Å². The Bertz CT molecular complexity index is 783. The third-order valence-electron chi connectivity index (χ3n) is 4.53. The third-order valence-corrected chi connectivity index (χ3v) is 4.90. The molecule has 0 radical (unpaired) electrons. The maximum atomic E-state index is 6.27. The number of hydrogen-bond acceptors (Lipinski definition) is 4. The van der Waals surface area contributed by atoms with Gasteiger partial charge in [-0.15, -0.1) is 24.0 Å². The van der Waals surface area contributed by atoms with Crippen molar-refractivity contribution in [1.82, 2.24) is 15.2 Å². The second-order valence-electron chi connectivity index (χ2n) is 6.47. The maximum absolute atomic E-state index is 6.27. The first-order valence-corrected chi connectivity index (χ1v) is 9.48. The van der Waals surface area contributed by atoms with Crippen LogP contribution < -0.4 is 10.2 Å². The van der Waals surface area contributed by atoms with Gasteiger partial charge < -0.3 is 19.9 Å². The number of benzene rings is 1. The van der Waals surface area contributed by atoms with Gasteiger partial charge in [-0.1, -0.05) is 29.8 Å². The van der Waals surface area contributed by atoms with Crippen LogP contribution in [0.1, 0.15) is 11.1 Å². The van der Waals surface area contributed by atoms with Crippen LogP contribution in [0.2, 0.25) is 5.02 Å². The molecule has 0 aliphatic carbocycles. The van der Waals surface area contributed by atoms with Gasteiger partial charge in [-0.25, -0.2) is 4.98 Å². The summed E-state index contributed by atoms with van der Waals surface area (Å²) >= 11 is 6.27. The summed E-state index contributed by atoms with van der Waals surface area (Å²) in [6.45, 7) is 4.64. The van der Waals surface area contributed by atoms with E-state index in [0.29, 0.717) is 13.1 Å². The Kier molecular flexibility index (Phi) is 9.27. The number of pyridine rings is 1. The summed E-state index contributed by atoms with van der Waals surface area (Å²) in [5.41, 5.74) is 2.24. The molecule has 1 aromatic heterocycles. The van der Waals surface area contributed by atoms with Crippen molar-refractivity contribution in [1.29, 1.82) is 0 Å². The van der Waals surface area contributed by atoms with Crippen molar-refractivity contribution in [3.8, 4) is 0 Å². The summed E-state index contributed by atoms with van der Waals surface area (Å²) in [5.74, 6) is 1.82.